The standard InChI is InChI=1S/C15H22ClNO3/c16-13-5-1-2-6-14(13)20-10-12(18)9-17-11-15(19)7-3-4-8-15/h1-2,5-6,12,17-19H,3-4,7-11H2. The number of halogens is 1. The predicted molar refractivity (Wildman–Crippen MR) is 79.2 cm³/mol. The minimum atomic E-state index is -0.628. The predicted octanol–water partition coefficient (Wildman–Crippen LogP) is 1.97. The Balaban J connectivity index is 1.65. The molecular weight excluding hydrogens is 278 g/mol. The van der Waals surface area contributed by atoms with Crippen LogP contribution >= 0.6 is 11.6 Å². The van der Waals surface area contributed by atoms with Crippen molar-refractivity contribution in [2.24, 2.45) is 0 Å². The van der Waals surface area contributed by atoms with Gasteiger partial charge in [-0.2, -0.15) is 0 Å². The Labute approximate surface area is 124 Å². The molecule has 1 aliphatic rings. The first-order valence-corrected chi connectivity index (χ1v) is 7.45. The van der Waals surface area contributed by atoms with Gasteiger partial charge in [0.2, 0.25) is 0 Å². The number of para-hydroxylation sites is 1. The Morgan fingerprint density at radius 3 is 2.70 bits per heavy atom. The van der Waals surface area contributed by atoms with Crippen molar-refractivity contribution in [3.63, 3.8) is 0 Å². The van der Waals surface area contributed by atoms with Crippen LogP contribution < -0.4 is 10.1 Å². The van der Waals surface area contributed by atoms with Crippen LogP contribution in [0.1, 0.15) is 25.7 Å². The fourth-order valence-electron chi connectivity index (χ4n) is 2.49. The Morgan fingerprint density at radius 2 is 2.00 bits per heavy atom. The van der Waals surface area contributed by atoms with E-state index in [4.69, 9.17) is 16.3 Å². The molecule has 4 nitrogen and oxygen atoms in total. The smallest absolute Gasteiger partial charge is 0.138 e. The molecule has 0 radical (unpaired) electrons. The van der Waals surface area contributed by atoms with E-state index in [0.717, 1.165) is 25.7 Å². The lowest BCUT2D eigenvalue weighted by atomic mass is 10.0. The van der Waals surface area contributed by atoms with E-state index < -0.39 is 11.7 Å². The van der Waals surface area contributed by atoms with Crippen LogP contribution in [0, 0.1) is 0 Å². The van der Waals surface area contributed by atoms with Gasteiger partial charge in [0.25, 0.3) is 0 Å². The summed E-state index contributed by atoms with van der Waals surface area (Å²) in [6.07, 6.45) is 3.21. The van der Waals surface area contributed by atoms with Crippen LogP contribution in [0.3, 0.4) is 0 Å². The van der Waals surface area contributed by atoms with Crippen molar-refractivity contribution < 1.29 is 14.9 Å². The molecule has 0 amide bonds. The molecule has 1 unspecified atom stereocenters. The summed E-state index contributed by atoms with van der Waals surface area (Å²) in [5.41, 5.74) is -0.594. The molecule has 1 fully saturated rings. The third-order valence-electron chi connectivity index (χ3n) is 3.64. The molecule has 1 aliphatic carbocycles. The minimum absolute atomic E-state index is 0.176. The number of ether oxygens (including phenoxy) is 1. The summed E-state index contributed by atoms with van der Waals surface area (Å²) in [6.45, 7) is 1.10. The van der Waals surface area contributed by atoms with Crippen molar-refractivity contribution in [3.05, 3.63) is 29.3 Å². The van der Waals surface area contributed by atoms with Gasteiger partial charge in [-0.15, -0.1) is 0 Å². The molecular formula is C15H22ClNO3. The molecule has 0 aliphatic heterocycles. The highest BCUT2D eigenvalue weighted by molar-refractivity contribution is 6.32. The zero-order chi connectivity index (χ0) is 14.4. The van der Waals surface area contributed by atoms with Crippen LogP contribution in [0.2, 0.25) is 5.02 Å². The number of hydrogen-bond acceptors (Lipinski definition) is 4. The van der Waals surface area contributed by atoms with Gasteiger partial charge in [0, 0.05) is 13.1 Å². The van der Waals surface area contributed by atoms with Crippen molar-refractivity contribution in [1.82, 2.24) is 5.32 Å². The van der Waals surface area contributed by atoms with Gasteiger partial charge >= 0.3 is 0 Å². The van der Waals surface area contributed by atoms with E-state index in [2.05, 4.69) is 5.32 Å². The first kappa shape index (κ1) is 15.6. The minimum Gasteiger partial charge on any atom is -0.489 e. The lowest BCUT2D eigenvalue weighted by Gasteiger charge is -2.23. The maximum Gasteiger partial charge on any atom is 0.138 e. The maximum atomic E-state index is 10.2. The first-order valence-electron chi connectivity index (χ1n) is 7.08. The fraction of sp³-hybridized carbons (Fsp3) is 0.600. The van der Waals surface area contributed by atoms with E-state index in [9.17, 15) is 10.2 Å². The van der Waals surface area contributed by atoms with Crippen molar-refractivity contribution in [2.75, 3.05) is 19.7 Å². The Morgan fingerprint density at radius 1 is 1.30 bits per heavy atom. The number of rotatable bonds is 7. The van der Waals surface area contributed by atoms with Crippen LogP contribution in [0.4, 0.5) is 0 Å². The third kappa shape index (κ3) is 4.63. The van der Waals surface area contributed by atoms with E-state index in [1.807, 2.05) is 12.1 Å². The molecule has 0 bridgehead atoms. The monoisotopic (exact) mass is 299 g/mol. The van der Waals surface area contributed by atoms with Crippen LogP contribution in [0.15, 0.2) is 24.3 Å². The normalized spacial score (nSPS) is 18.9. The van der Waals surface area contributed by atoms with Gasteiger partial charge in [-0.05, 0) is 25.0 Å². The van der Waals surface area contributed by atoms with Gasteiger partial charge in [-0.25, -0.2) is 0 Å². The fourth-order valence-corrected chi connectivity index (χ4v) is 2.68. The molecule has 0 spiro atoms. The summed E-state index contributed by atoms with van der Waals surface area (Å²) >= 11 is 5.96. The van der Waals surface area contributed by atoms with Crippen LogP contribution in [0.25, 0.3) is 0 Å². The van der Waals surface area contributed by atoms with Crippen LogP contribution in [0.5, 0.6) is 5.75 Å². The molecule has 1 atom stereocenters. The van der Waals surface area contributed by atoms with Gasteiger partial charge in [0.15, 0.2) is 0 Å². The number of aliphatic hydroxyl groups excluding tert-OH is 1. The van der Waals surface area contributed by atoms with E-state index in [-0.39, 0.29) is 6.61 Å². The largest absolute Gasteiger partial charge is 0.489 e. The highest BCUT2D eigenvalue weighted by Gasteiger charge is 2.30. The topological polar surface area (TPSA) is 61.7 Å². The van der Waals surface area contributed by atoms with Crippen molar-refractivity contribution in [2.45, 2.75) is 37.4 Å². The van der Waals surface area contributed by atoms with Crippen LogP contribution in [-0.4, -0.2) is 41.6 Å². The summed E-state index contributed by atoms with van der Waals surface area (Å²) in [5.74, 6) is 0.572. The maximum absolute atomic E-state index is 10.2. The Bertz CT molecular complexity index is 421. The van der Waals surface area contributed by atoms with Crippen LogP contribution in [-0.2, 0) is 0 Å². The summed E-state index contributed by atoms with van der Waals surface area (Å²) in [6, 6.07) is 7.18. The molecule has 1 saturated carbocycles. The average molecular weight is 300 g/mol. The first-order chi connectivity index (χ1) is 9.59. The van der Waals surface area contributed by atoms with E-state index in [1.165, 1.54) is 0 Å². The lowest BCUT2D eigenvalue weighted by molar-refractivity contribution is 0.0406. The molecule has 0 heterocycles. The number of benzene rings is 1. The SMILES string of the molecule is OC(CNCC1(O)CCCC1)COc1ccccc1Cl. The summed E-state index contributed by atoms with van der Waals surface area (Å²) in [7, 11) is 0. The number of hydrogen-bond donors (Lipinski definition) is 3. The molecule has 20 heavy (non-hydrogen) atoms. The second kappa shape index (κ2) is 7.27. The Hall–Kier alpha value is -0.810. The van der Waals surface area contributed by atoms with Gasteiger partial charge < -0.3 is 20.3 Å². The second-order valence-electron chi connectivity index (χ2n) is 5.46. The summed E-state index contributed by atoms with van der Waals surface area (Å²) in [5, 5.41) is 23.6. The molecule has 1 aromatic carbocycles. The molecule has 0 saturated heterocycles. The molecule has 3 N–H and O–H groups in total. The van der Waals surface area contributed by atoms with Crippen molar-refractivity contribution in [1.29, 1.82) is 0 Å². The zero-order valence-corrected chi connectivity index (χ0v) is 12.3. The summed E-state index contributed by atoms with van der Waals surface area (Å²) in [4.78, 5) is 0. The average Bonchev–Trinajstić information content (AvgIpc) is 2.85. The van der Waals surface area contributed by atoms with E-state index in [1.54, 1.807) is 12.1 Å². The Kier molecular flexibility index (Phi) is 5.66. The second-order valence-corrected chi connectivity index (χ2v) is 5.86. The van der Waals surface area contributed by atoms with Gasteiger partial charge in [-0.1, -0.05) is 36.6 Å². The van der Waals surface area contributed by atoms with Gasteiger partial charge in [0.1, 0.15) is 18.5 Å². The molecule has 2 rings (SSSR count). The van der Waals surface area contributed by atoms with Gasteiger partial charge in [0.05, 0.1) is 10.6 Å². The zero-order valence-electron chi connectivity index (χ0n) is 11.5. The quantitative estimate of drug-likeness (QED) is 0.720. The van der Waals surface area contributed by atoms with E-state index in [0.29, 0.717) is 23.9 Å². The highest BCUT2D eigenvalue weighted by atomic mass is 35.5. The number of nitrogens with one attached hydrogen (secondary N) is 1. The van der Waals surface area contributed by atoms with Crippen molar-refractivity contribution >= 4 is 11.6 Å². The summed E-state index contributed by atoms with van der Waals surface area (Å²) < 4.78 is 5.46. The number of aliphatic hydroxyl groups is 2. The molecule has 1 aromatic rings. The highest BCUT2D eigenvalue weighted by Crippen LogP contribution is 2.28. The molecule has 5 heteroatoms. The van der Waals surface area contributed by atoms with Crippen molar-refractivity contribution in [3.8, 4) is 5.75 Å². The molecule has 0 aromatic heterocycles. The van der Waals surface area contributed by atoms with E-state index >= 15 is 0 Å². The van der Waals surface area contributed by atoms with Gasteiger partial charge in [-0.3, -0.25) is 0 Å². The molecule has 112 valence electrons. The third-order valence-corrected chi connectivity index (χ3v) is 3.95. The lowest BCUT2D eigenvalue weighted by Crippen LogP contribution is -2.42.